The van der Waals surface area contributed by atoms with Crippen LogP contribution < -0.4 is 9.64 Å². The van der Waals surface area contributed by atoms with Gasteiger partial charge in [-0.3, -0.25) is 14.5 Å². The average molecular weight is 453 g/mol. The fraction of sp³-hybridized carbons (Fsp3) is 0.250. The van der Waals surface area contributed by atoms with Gasteiger partial charge >= 0.3 is 5.97 Å². The van der Waals surface area contributed by atoms with Crippen LogP contribution in [-0.4, -0.2) is 29.3 Å². The van der Waals surface area contributed by atoms with Crippen LogP contribution in [0.25, 0.3) is 0 Å². The second-order valence-corrected chi connectivity index (χ2v) is 8.13. The van der Waals surface area contributed by atoms with Crippen molar-refractivity contribution in [3.63, 3.8) is 0 Å². The largest absolute Gasteiger partial charge is 0.482 e. The summed E-state index contributed by atoms with van der Waals surface area (Å²) in [4.78, 5) is 41.6. The van der Waals surface area contributed by atoms with Gasteiger partial charge in [-0.2, -0.15) is 0 Å². The molecule has 2 aromatic carbocycles. The van der Waals surface area contributed by atoms with E-state index in [1.54, 1.807) is 34.5 Å². The van der Waals surface area contributed by atoms with Gasteiger partial charge in [-0.05, 0) is 56.7 Å². The molecule has 0 spiro atoms. The molecule has 8 heteroatoms. The minimum absolute atomic E-state index is 0.0272. The average Bonchev–Trinajstić information content (AvgIpc) is 3.21. The van der Waals surface area contributed by atoms with Crippen LogP contribution >= 0.6 is 11.3 Å². The smallest absolute Gasteiger partial charge is 0.344 e. The molecule has 0 aliphatic heterocycles. The van der Waals surface area contributed by atoms with Crippen LogP contribution in [0.2, 0.25) is 0 Å². The molecule has 1 amide bonds. The molecule has 0 aliphatic rings. The van der Waals surface area contributed by atoms with E-state index in [0.29, 0.717) is 22.1 Å². The lowest BCUT2D eigenvalue weighted by Gasteiger charge is -2.20. The topological polar surface area (TPSA) is 85.8 Å². The number of esters is 1. The maximum absolute atomic E-state index is 12.3. The molecular formula is C24H24N2O5S. The van der Waals surface area contributed by atoms with Gasteiger partial charge in [0.25, 0.3) is 0 Å². The van der Waals surface area contributed by atoms with E-state index in [1.165, 1.54) is 25.2 Å². The summed E-state index contributed by atoms with van der Waals surface area (Å²) < 4.78 is 10.6. The van der Waals surface area contributed by atoms with Crippen LogP contribution in [-0.2, 0) is 20.9 Å². The molecule has 3 rings (SSSR count). The van der Waals surface area contributed by atoms with Gasteiger partial charge in [-0.25, -0.2) is 9.78 Å². The maximum Gasteiger partial charge on any atom is 0.344 e. The van der Waals surface area contributed by atoms with Crippen LogP contribution in [0.4, 0.5) is 10.8 Å². The molecule has 0 atom stereocenters. The van der Waals surface area contributed by atoms with Crippen LogP contribution in [0.1, 0.15) is 41.0 Å². The predicted molar refractivity (Wildman–Crippen MR) is 123 cm³/mol. The number of benzene rings is 2. The number of ether oxygens (including phenoxy) is 2. The summed E-state index contributed by atoms with van der Waals surface area (Å²) in [5.41, 5.74) is 3.96. The van der Waals surface area contributed by atoms with Crippen molar-refractivity contribution in [2.45, 2.75) is 34.3 Å². The van der Waals surface area contributed by atoms with Crippen molar-refractivity contribution in [3.05, 3.63) is 70.2 Å². The number of hydrogen-bond donors (Lipinski definition) is 0. The normalized spacial score (nSPS) is 10.5. The van der Waals surface area contributed by atoms with Crippen LogP contribution in [0.15, 0.2) is 47.8 Å². The number of hydrogen-bond acceptors (Lipinski definition) is 7. The number of aryl methyl sites for hydroxylation is 2. The summed E-state index contributed by atoms with van der Waals surface area (Å²) in [5.74, 6) is -0.278. The predicted octanol–water partition coefficient (Wildman–Crippen LogP) is 4.77. The number of carbonyl (C=O) groups excluding carboxylic acids is 3. The van der Waals surface area contributed by atoms with E-state index < -0.39 is 5.97 Å². The van der Waals surface area contributed by atoms with Gasteiger partial charge in [0, 0.05) is 17.9 Å². The molecule has 0 N–H and O–H groups in total. The summed E-state index contributed by atoms with van der Waals surface area (Å²) in [7, 11) is 0. The Bertz CT molecular complexity index is 1140. The molecule has 0 saturated carbocycles. The zero-order valence-corrected chi connectivity index (χ0v) is 19.2. The second-order valence-electron chi connectivity index (χ2n) is 7.30. The standard InChI is InChI=1S/C24H24N2O5S/c1-15-5-10-22(16(2)11-15)26(18(4)28)24-25-20(14-32-24)12-31-23(29)13-30-21-8-6-19(7-9-21)17(3)27/h5-11,14H,12-13H2,1-4H3. The zero-order valence-electron chi connectivity index (χ0n) is 18.4. The van der Waals surface area contributed by atoms with Crippen LogP contribution in [0.5, 0.6) is 5.75 Å². The number of amides is 1. The minimum Gasteiger partial charge on any atom is -0.482 e. The van der Waals surface area contributed by atoms with Crippen LogP contribution in [0, 0.1) is 13.8 Å². The molecular weight excluding hydrogens is 428 g/mol. The summed E-state index contributed by atoms with van der Waals surface area (Å²) in [6.07, 6.45) is 0. The molecule has 1 heterocycles. The summed E-state index contributed by atoms with van der Waals surface area (Å²) in [6, 6.07) is 12.4. The quantitative estimate of drug-likeness (QED) is 0.362. The van der Waals surface area contributed by atoms with E-state index >= 15 is 0 Å². The molecule has 0 bridgehead atoms. The van der Waals surface area contributed by atoms with E-state index in [0.717, 1.165) is 16.8 Å². The molecule has 32 heavy (non-hydrogen) atoms. The van der Waals surface area contributed by atoms with Gasteiger partial charge in [-0.1, -0.05) is 17.7 Å². The number of nitrogens with zero attached hydrogens (tertiary/aromatic N) is 2. The fourth-order valence-corrected chi connectivity index (χ4v) is 3.92. The third kappa shape index (κ3) is 5.79. The van der Waals surface area contributed by atoms with Crippen molar-refractivity contribution in [1.82, 2.24) is 4.98 Å². The Labute approximate surface area is 190 Å². The van der Waals surface area contributed by atoms with Crippen molar-refractivity contribution in [2.75, 3.05) is 11.5 Å². The molecule has 0 saturated heterocycles. The highest BCUT2D eigenvalue weighted by molar-refractivity contribution is 7.14. The molecule has 3 aromatic rings. The first-order valence-corrected chi connectivity index (χ1v) is 10.8. The van der Waals surface area contributed by atoms with E-state index in [2.05, 4.69) is 4.98 Å². The first-order valence-electron chi connectivity index (χ1n) is 9.96. The Morgan fingerprint density at radius 3 is 2.38 bits per heavy atom. The van der Waals surface area contributed by atoms with Gasteiger partial charge < -0.3 is 9.47 Å². The number of aromatic nitrogens is 1. The Balaban J connectivity index is 1.58. The van der Waals surface area contributed by atoms with Crippen molar-refractivity contribution in [2.24, 2.45) is 0 Å². The highest BCUT2D eigenvalue weighted by atomic mass is 32.1. The monoisotopic (exact) mass is 452 g/mol. The van der Waals surface area contributed by atoms with Crippen molar-refractivity contribution >= 4 is 39.8 Å². The highest BCUT2D eigenvalue weighted by Crippen LogP contribution is 2.31. The molecule has 7 nitrogen and oxygen atoms in total. The number of thiazole rings is 1. The minimum atomic E-state index is -0.548. The van der Waals surface area contributed by atoms with Crippen molar-refractivity contribution in [1.29, 1.82) is 0 Å². The van der Waals surface area contributed by atoms with Gasteiger partial charge in [0.15, 0.2) is 17.5 Å². The molecule has 0 aliphatic carbocycles. The first-order chi connectivity index (χ1) is 15.2. The third-order valence-corrected chi connectivity index (χ3v) is 5.51. The first kappa shape index (κ1) is 23.1. The van der Waals surface area contributed by atoms with Gasteiger partial charge in [-0.15, -0.1) is 11.3 Å². The summed E-state index contributed by atoms with van der Waals surface area (Å²) in [6.45, 7) is 6.62. The van der Waals surface area contributed by atoms with Crippen LogP contribution in [0.3, 0.4) is 0 Å². The van der Waals surface area contributed by atoms with Gasteiger partial charge in [0.2, 0.25) is 5.91 Å². The summed E-state index contributed by atoms with van der Waals surface area (Å²) in [5, 5.41) is 2.26. The molecule has 0 fully saturated rings. The molecule has 166 valence electrons. The lowest BCUT2D eigenvalue weighted by Crippen LogP contribution is -2.23. The number of rotatable bonds is 8. The second kappa shape index (κ2) is 10.2. The molecule has 0 radical (unpaired) electrons. The maximum atomic E-state index is 12.3. The van der Waals surface area contributed by atoms with E-state index in [4.69, 9.17) is 9.47 Å². The lowest BCUT2D eigenvalue weighted by atomic mass is 10.1. The SMILES string of the molecule is CC(=O)c1ccc(OCC(=O)OCc2csc(N(C(C)=O)c3ccc(C)cc3C)n2)cc1. The zero-order chi connectivity index (χ0) is 23.3. The highest BCUT2D eigenvalue weighted by Gasteiger charge is 2.20. The Morgan fingerprint density at radius 2 is 1.75 bits per heavy atom. The van der Waals surface area contributed by atoms with Gasteiger partial charge in [0.05, 0.1) is 11.4 Å². The fourth-order valence-electron chi connectivity index (χ4n) is 3.05. The molecule has 0 unspecified atom stereocenters. The number of Topliss-reactive ketones (excluding diaryl/α,β-unsaturated/α-hetero) is 1. The van der Waals surface area contributed by atoms with E-state index in [9.17, 15) is 14.4 Å². The lowest BCUT2D eigenvalue weighted by molar-refractivity contribution is -0.147. The van der Waals surface area contributed by atoms with Crippen molar-refractivity contribution in [3.8, 4) is 5.75 Å². The van der Waals surface area contributed by atoms with E-state index in [1.807, 2.05) is 32.0 Å². The van der Waals surface area contributed by atoms with Crippen molar-refractivity contribution < 1.29 is 23.9 Å². The Kier molecular flexibility index (Phi) is 7.37. The number of carbonyl (C=O) groups is 3. The number of anilines is 2. The third-order valence-electron chi connectivity index (χ3n) is 4.64. The Hall–Kier alpha value is -3.52. The number of ketones is 1. The van der Waals surface area contributed by atoms with E-state index in [-0.39, 0.29) is 24.9 Å². The Morgan fingerprint density at radius 1 is 1.03 bits per heavy atom. The summed E-state index contributed by atoms with van der Waals surface area (Å²) >= 11 is 1.30. The molecule has 1 aromatic heterocycles. The van der Waals surface area contributed by atoms with Gasteiger partial charge in [0.1, 0.15) is 12.4 Å².